The topological polar surface area (TPSA) is 59.0 Å². The number of nitrogens with zero attached hydrogens (tertiary/aromatic N) is 2. The molecule has 1 amide bonds. The van der Waals surface area contributed by atoms with E-state index in [1.165, 1.54) is 12.1 Å². The maximum absolute atomic E-state index is 13.1. The van der Waals surface area contributed by atoms with Gasteiger partial charge in [-0.1, -0.05) is 22.0 Å². The number of carbonyl (C=O) groups excluding carboxylic acids is 1. The van der Waals surface area contributed by atoms with Gasteiger partial charge in [0.1, 0.15) is 11.4 Å². The van der Waals surface area contributed by atoms with Gasteiger partial charge in [0.05, 0.1) is 0 Å². The van der Waals surface area contributed by atoms with Crippen LogP contribution >= 0.6 is 15.9 Å². The molecule has 1 fully saturated rings. The molecule has 23 heavy (non-hydrogen) atoms. The Bertz CT molecular complexity index is 683. The van der Waals surface area contributed by atoms with E-state index in [4.69, 9.17) is 0 Å². The van der Waals surface area contributed by atoms with Crippen molar-refractivity contribution in [1.29, 1.82) is 0 Å². The minimum Gasteiger partial charge on any atom is -0.350 e. The fraction of sp³-hybridized carbons (Fsp3) is 0.375. The molecule has 0 atom stereocenters. The predicted octanol–water partition coefficient (Wildman–Crippen LogP) is 2.18. The molecule has 122 valence electrons. The molecular weight excluding hydrogens is 363 g/mol. The molecule has 1 aliphatic rings. The SMILES string of the molecule is O=C(NCc1ccc(F)cc1Br)C1(n2cccn2)CCNCC1. The van der Waals surface area contributed by atoms with Crippen LogP contribution in [-0.4, -0.2) is 28.8 Å². The average Bonchev–Trinajstić information content (AvgIpc) is 3.09. The summed E-state index contributed by atoms with van der Waals surface area (Å²) in [5.41, 5.74) is 0.172. The molecule has 2 aromatic rings. The maximum atomic E-state index is 13.1. The molecule has 7 heteroatoms. The zero-order chi connectivity index (χ0) is 16.3. The Morgan fingerprint density at radius 3 is 2.87 bits per heavy atom. The fourth-order valence-corrected chi connectivity index (χ4v) is 3.42. The normalized spacial score (nSPS) is 17.0. The second-order valence-corrected chi connectivity index (χ2v) is 6.50. The molecule has 0 saturated carbocycles. The Kier molecular flexibility index (Phi) is 4.77. The highest BCUT2D eigenvalue weighted by molar-refractivity contribution is 9.10. The third-order valence-electron chi connectivity index (χ3n) is 4.25. The van der Waals surface area contributed by atoms with E-state index in [9.17, 15) is 9.18 Å². The highest BCUT2D eigenvalue weighted by Crippen LogP contribution is 2.27. The molecule has 1 aromatic carbocycles. The highest BCUT2D eigenvalue weighted by Gasteiger charge is 2.41. The number of carbonyl (C=O) groups is 1. The molecule has 0 aliphatic carbocycles. The minimum absolute atomic E-state index is 0.0566. The van der Waals surface area contributed by atoms with Gasteiger partial charge in [0, 0.05) is 23.4 Å². The van der Waals surface area contributed by atoms with Gasteiger partial charge in [-0.25, -0.2) is 4.39 Å². The summed E-state index contributed by atoms with van der Waals surface area (Å²) >= 11 is 3.33. The highest BCUT2D eigenvalue weighted by atomic mass is 79.9. The van der Waals surface area contributed by atoms with Crippen molar-refractivity contribution in [2.45, 2.75) is 24.9 Å². The van der Waals surface area contributed by atoms with Gasteiger partial charge in [-0.2, -0.15) is 5.10 Å². The summed E-state index contributed by atoms with van der Waals surface area (Å²) in [6, 6.07) is 6.28. The van der Waals surface area contributed by atoms with E-state index in [1.54, 1.807) is 16.9 Å². The first-order chi connectivity index (χ1) is 11.1. The third kappa shape index (κ3) is 3.30. The molecule has 0 spiro atoms. The molecular formula is C16H18BrFN4O. The molecule has 1 saturated heterocycles. The summed E-state index contributed by atoms with van der Waals surface area (Å²) < 4.78 is 15.6. The lowest BCUT2D eigenvalue weighted by molar-refractivity contribution is -0.132. The van der Waals surface area contributed by atoms with Crippen molar-refractivity contribution in [1.82, 2.24) is 20.4 Å². The molecule has 2 heterocycles. The van der Waals surface area contributed by atoms with Crippen LogP contribution in [0.15, 0.2) is 41.1 Å². The second kappa shape index (κ2) is 6.80. The number of amides is 1. The lowest BCUT2D eigenvalue weighted by Crippen LogP contribution is -2.54. The summed E-state index contributed by atoms with van der Waals surface area (Å²) in [6.45, 7) is 1.89. The van der Waals surface area contributed by atoms with Gasteiger partial charge in [0.25, 0.3) is 0 Å². The van der Waals surface area contributed by atoms with Gasteiger partial charge in [-0.05, 0) is 49.7 Å². The standard InChI is InChI=1S/C16H18BrFN4O/c17-14-10-13(18)3-2-12(14)11-20-15(23)16(4-7-19-8-5-16)22-9-1-6-21-22/h1-3,6,9-10,19H,4-5,7-8,11H2,(H,20,23). The van der Waals surface area contributed by atoms with Crippen LogP contribution in [0.25, 0.3) is 0 Å². The monoisotopic (exact) mass is 380 g/mol. The van der Waals surface area contributed by atoms with E-state index in [0.29, 0.717) is 23.9 Å². The van der Waals surface area contributed by atoms with E-state index in [0.717, 1.165) is 18.7 Å². The molecule has 1 aliphatic heterocycles. The van der Waals surface area contributed by atoms with Crippen molar-refractivity contribution in [3.05, 3.63) is 52.5 Å². The first kappa shape index (κ1) is 16.1. The predicted molar refractivity (Wildman–Crippen MR) is 88.3 cm³/mol. The Hall–Kier alpha value is -1.73. The van der Waals surface area contributed by atoms with Crippen LogP contribution < -0.4 is 10.6 Å². The Morgan fingerprint density at radius 1 is 1.43 bits per heavy atom. The quantitative estimate of drug-likeness (QED) is 0.854. The molecule has 2 N–H and O–H groups in total. The zero-order valence-corrected chi connectivity index (χ0v) is 14.1. The van der Waals surface area contributed by atoms with Crippen LogP contribution in [0.2, 0.25) is 0 Å². The minimum atomic E-state index is -0.665. The maximum Gasteiger partial charge on any atom is 0.248 e. The number of nitrogens with one attached hydrogen (secondary N) is 2. The van der Waals surface area contributed by atoms with Crippen LogP contribution in [0.3, 0.4) is 0 Å². The summed E-state index contributed by atoms with van der Waals surface area (Å²) in [6.07, 6.45) is 4.89. The summed E-state index contributed by atoms with van der Waals surface area (Å²) in [7, 11) is 0. The van der Waals surface area contributed by atoms with Crippen LogP contribution in [0.4, 0.5) is 4.39 Å². The Morgan fingerprint density at radius 2 is 2.22 bits per heavy atom. The molecule has 0 unspecified atom stereocenters. The van der Waals surface area contributed by atoms with Gasteiger partial charge >= 0.3 is 0 Å². The summed E-state index contributed by atoms with van der Waals surface area (Å²) in [5, 5.41) is 10.5. The van der Waals surface area contributed by atoms with Crippen LogP contribution in [0, 0.1) is 5.82 Å². The number of halogens is 2. The molecule has 0 radical (unpaired) electrons. The van der Waals surface area contributed by atoms with Gasteiger partial charge in [-0.3, -0.25) is 9.48 Å². The van der Waals surface area contributed by atoms with E-state index in [1.807, 2.05) is 12.3 Å². The number of piperidine rings is 1. The van der Waals surface area contributed by atoms with E-state index in [-0.39, 0.29) is 11.7 Å². The fourth-order valence-electron chi connectivity index (χ4n) is 2.93. The van der Waals surface area contributed by atoms with Gasteiger partial charge in [0.15, 0.2) is 0 Å². The molecule has 0 bridgehead atoms. The first-order valence-electron chi connectivity index (χ1n) is 7.55. The molecule has 3 rings (SSSR count). The summed E-state index contributed by atoms with van der Waals surface area (Å²) in [5.74, 6) is -0.364. The largest absolute Gasteiger partial charge is 0.350 e. The number of rotatable bonds is 4. The number of aromatic nitrogens is 2. The van der Waals surface area contributed by atoms with Crippen LogP contribution in [0.5, 0.6) is 0 Å². The number of hydrogen-bond acceptors (Lipinski definition) is 3. The Balaban J connectivity index is 1.77. The van der Waals surface area contributed by atoms with Crippen molar-refractivity contribution >= 4 is 21.8 Å². The molecule has 5 nitrogen and oxygen atoms in total. The van der Waals surface area contributed by atoms with Crippen molar-refractivity contribution in [3.63, 3.8) is 0 Å². The van der Waals surface area contributed by atoms with Crippen molar-refractivity contribution in [2.24, 2.45) is 0 Å². The van der Waals surface area contributed by atoms with E-state index < -0.39 is 5.54 Å². The van der Waals surface area contributed by atoms with Crippen molar-refractivity contribution in [2.75, 3.05) is 13.1 Å². The average molecular weight is 381 g/mol. The van der Waals surface area contributed by atoms with Crippen LogP contribution in [-0.2, 0) is 16.9 Å². The second-order valence-electron chi connectivity index (χ2n) is 5.65. The zero-order valence-electron chi connectivity index (χ0n) is 12.6. The van der Waals surface area contributed by atoms with Gasteiger partial charge in [-0.15, -0.1) is 0 Å². The van der Waals surface area contributed by atoms with Gasteiger partial charge in [0.2, 0.25) is 5.91 Å². The molecule has 1 aromatic heterocycles. The lowest BCUT2D eigenvalue weighted by atomic mass is 9.87. The van der Waals surface area contributed by atoms with Crippen LogP contribution in [0.1, 0.15) is 18.4 Å². The van der Waals surface area contributed by atoms with Crippen molar-refractivity contribution < 1.29 is 9.18 Å². The third-order valence-corrected chi connectivity index (χ3v) is 4.99. The Labute approximate surface area is 142 Å². The summed E-state index contributed by atoms with van der Waals surface area (Å²) in [4.78, 5) is 12.9. The number of hydrogen-bond donors (Lipinski definition) is 2. The van der Waals surface area contributed by atoms with Crippen molar-refractivity contribution in [3.8, 4) is 0 Å². The number of benzene rings is 1. The lowest BCUT2D eigenvalue weighted by Gasteiger charge is -2.36. The smallest absolute Gasteiger partial charge is 0.248 e. The van der Waals surface area contributed by atoms with Gasteiger partial charge < -0.3 is 10.6 Å². The van der Waals surface area contributed by atoms with E-state index in [2.05, 4.69) is 31.7 Å². The first-order valence-corrected chi connectivity index (χ1v) is 8.34. The van der Waals surface area contributed by atoms with E-state index >= 15 is 0 Å².